The molecule has 0 atom stereocenters. The lowest BCUT2D eigenvalue weighted by Gasteiger charge is -2.13. The van der Waals surface area contributed by atoms with E-state index < -0.39 is 0 Å². The molecule has 33 heavy (non-hydrogen) atoms. The molecule has 0 saturated carbocycles. The summed E-state index contributed by atoms with van der Waals surface area (Å²) >= 11 is 0. The number of halogens is 1. The van der Waals surface area contributed by atoms with E-state index in [0.29, 0.717) is 17.9 Å². The molecule has 5 aromatic rings. The first-order chi connectivity index (χ1) is 16.2. The lowest BCUT2D eigenvalue weighted by molar-refractivity contribution is 0.626. The van der Waals surface area contributed by atoms with Gasteiger partial charge >= 0.3 is 0 Å². The van der Waals surface area contributed by atoms with Crippen LogP contribution in [0.5, 0.6) is 0 Å². The third kappa shape index (κ3) is 4.43. The van der Waals surface area contributed by atoms with Crippen molar-refractivity contribution in [3.63, 3.8) is 0 Å². The van der Waals surface area contributed by atoms with Gasteiger partial charge in [-0.05, 0) is 65.2 Å². The lowest BCUT2D eigenvalue weighted by Crippen LogP contribution is -2.03. The van der Waals surface area contributed by atoms with Crippen molar-refractivity contribution in [2.24, 2.45) is 0 Å². The number of hydrogen-bond acceptors (Lipinski definition) is 5. The fourth-order valence-electron chi connectivity index (χ4n) is 3.74. The Bertz CT molecular complexity index is 1430. The van der Waals surface area contributed by atoms with E-state index in [1.807, 2.05) is 54.9 Å². The summed E-state index contributed by atoms with van der Waals surface area (Å²) in [6.45, 7) is 0.462. The Morgan fingerprint density at radius 3 is 2.73 bits per heavy atom. The zero-order valence-electron chi connectivity index (χ0n) is 17.6. The van der Waals surface area contributed by atoms with Crippen LogP contribution in [0, 0.1) is 11.2 Å². The van der Waals surface area contributed by atoms with Crippen molar-refractivity contribution < 1.29 is 4.39 Å². The van der Waals surface area contributed by atoms with Crippen LogP contribution in [0.15, 0.2) is 85.5 Å². The average Bonchev–Trinajstić information content (AvgIpc) is 3.38. The zero-order valence-corrected chi connectivity index (χ0v) is 17.6. The third-order valence-electron chi connectivity index (χ3n) is 5.41. The molecule has 4 N–H and O–H groups in total. The number of nitrogens with one attached hydrogen (secondary N) is 4. The van der Waals surface area contributed by atoms with Gasteiger partial charge in [0.15, 0.2) is 0 Å². The van der Waals surface area contributed by atoms with Crippen molar-refractivity contribution in [2.45, 2.75) is 6.54 Å². The molecule has 0 fully saturated rings. The first-order valence-electron chi connectivity index (χ1n) is 10.5. The second-order valence-electron chi connectivity index (χ2n) is 7.61. The summed E-state index contributed by atoms with van der Waals surface area (Å²) in [5.41, 5.74) is 6.14. The van der Waals surface area contributed by atoms with Gasteiger partial charge in [0.1, 0.15) is 18.0 Å². The summed E-state index contributed by atoms with van der Waals surface area (Å²) in [6.07, 6.45) is 6.67. The van der Waals surface area contributed by atoms with Gasteiger partial charge in [-0.25, -0.2) is 14.4 Å². The highest BCUT2D eigenvalue weighted by molar-refractivity contribution is 5.94. The van der Waals surface area contributed by atoms with Crippen molar-refractivity contribution in [3.8, 4) is 11.1 Å². The molecule has 2 heterocycles. The molecular formula is C26H21FN6. The first kappa shape index (κ1) is 20.4. The molecule has 0 bridgehead atoms. The summed E-state index contributed by atoms with van der Waals surface area (Å²) in [6, 6.07) is 20.3. The Balaban J connectivity index is 1.41. The summed E-state index contributed by atoms with van der Waals surface area (Å²) < 4.78 is 13.4. The van der Waals surface area contributed by atoms with Crippen LogP contribution in [0.25, 0.3) is 22.0 Å². The van der Waals surface area contributed by atoms with Crippen LogP contribution in [-0.4, -0.2) is 21.2 Å². The fraction of sp³-hybridized carbons (Fsp3) is 0.0385. The summed E-state index contributed by atoms with van der Waals surface area (Å²) in [5, 5.41) is 15.4. The Morgan fingerprint density at radius 1 is 0.970 bits per heavy atom. The normalized spacial score (nSPS) is 10.8. The SMILES string of the molecule is N=Cc1cc(Nc2ncnc3ccc(-c4cc[nH]c4)cc23)ccc1NCc1cccc(F)c1. The second kappa shape index (κ2) is 8.92. The number of hydrogen-bond donors (Lipinski definition) is 4. The van der Waals surface area contributed by atoms with Crippen LogP contribution >= 0.6 is 0 Å². The Hall–Kier alpha value is -4.52. The van der Waals surface area contributed by atoms with Crippen LogP contribution in [0.3, 0.4) is 0 Å². The molecule has 3 aromatic carbocycles. The molecule has 2 aromatic heterocycles. The average molecular weight is 436 g/mol. The van der Waals surface area contributed by atoms with Crippen molar-refractivity contribution >= 4 is 34.3 Å². The van der Waals surface area contributed by atoms with Gasteiger partial charge in [-0.15, -0.1) is 0 Å². The molecule has 0 unspecified atom stereocenters. The van der Waals surface area contributed by atoms with Crippen LogP contribution in [0.4, 0.5) is 21.6 Å². The van der Waals surface area contributed by atoms with Crippen LogP contribution in [0.1, 0.15) is 11.1 Å². The van der Waals surface area contributed by atoms with Crippen molar-refractivity contribution in [2.75, 3.05) is 10.6 Å². The van der Waals surface area contributed by atoms with Crippen LogP contribution in [-0.2, 0) is 6.54 Å². The smallest absolute Gasteiger partial charge is 0.141 e. The maximum absolute atomic E-state index is 13.4. The van der Waals surface area contributed by atoms with Crippen LogP contribution < -0.4 is 10.6 Å². The minimum atomic E-state index is -0.266. The standard InChI is InChI=1S/C26H21FN6/c27-21-3-1-2-17(10-21)14-30-24-7-5-22(11-20(24)13-28)33-26-23-12-18(19-8-9-29-15-19)4-6-25(23)31-16-32-26/h1-13,15-16,28-30H,14H2,(H,31,32,33). The number of aromatic nitrogens is 3. The molecule has 0 aliphatic rings. The molecule has 6 nitrogen and oxygen atoms in total. The molecule has 0 amide bonds. The van der Waals surface area contributed by atoms with Crippen molar-refractivity contribution in [1.82, 2.24) is 15.0 Å². The number of anilines is 3. The fourth-order valence-corrected chi connectivity index (χ4v) is 3.74. The van der Waals surface area contributed by atoms with E-state index in [1.165, 1.54) is 24.7 Å². The van der Waals surface area contributed by atoms with Gasteiger partial charge in [0.25, 0.3) is 0 Å². The highest BCUT2D eigenvalue weighted by Crippen LogP contribution is 2.29. The minimum Gasteiger partial charge on any atom is -0.380 e. The molecule has 162 valence electrons. The van der Waals surface area contributed by atoms with E-state index in [4.69, 9.17) is 5.41 Å². The van der Waals surface area contributed by atoms with Gasteiger partial charge in [-0.1, -0.05) is 18.2 Å². The summed E-state index contributed by atoms with van der Waals surface area (Å²) in [7, 11) is 0. The van der Waals surface area contributed by atoms with E-state index in [2.05, 4.69) is 31.7 Å². The van der Waals surface area contributed by atoms with E-state index in [9.17, 15) is 4.39 Å². The Kier molecular flexibility index (Phi) is 5.51. The number of aromatic amines is 1. The number of benzene rings is 3. The van der Waals surface area contributed by atoms with Gasteiger partial charge in [-0.2, -0.15) is 0 Å². The molecule has 0 spiro atoms. The number of nitrogens with zero attached hydrogens (tertiary/aromatic N) is 2. The largest absolute Gasteiger partial charge is 0.380 e. The quantitative estimate of drug-likeness (QED) is 0.232. The van der Waals surface area contributed by atoms with Gasteiger partial charge in [-0.3, -0.25) is 0 Å². The Morgan fingerprint density at radius 2 is 1.91 bits per heavy atom. The molecule has 0 radical (unpaired) electrons. The van der Waals surface area contributed by atoms with Gasteiger partial charge in [0.2, 0.25) is 0 Å². The second-order valence-corrected chi connectivity index (χ2v) is 7.61. The summed E-state index contributed by atoms with van der Waals surface area (Å²) in [4.78, 5) is 11.9. The molecule has 7 heteroatoms. The van der Waals surface area contributed by atoms with Gasteiger partial charge in [0.05, 0.1) is 5.52 Å². The zero-order chi connectivity index (χ0) is 22.6. The van der Waals surface area contributed by atoms with E-state index >= 15 is 0 Å². The van der Waals surface area contributed by atoms with E-state index in [-0.39, 0.29) is 5.82 Å². The monoisotopic (exact) mass is 436 g/mol. The molecule has 0 saturated heterocycles. The van der Waals surface area contributed by atoms with Crippen molar-refractivity contribution in [1.29, 1.82) is 5.41 Å². The van der Waals surface area contributed by atoms with Gasteiger partial charge in [0, 0.05) is 47.5 Å². The predicted octanol–water partition coefficient (Wildman–Crippen LogP) is 6.12. The summed E-state index contributed by atoms with van der Waals surface area (Å²) in [5.74, 6) is 0.423. The van der Waals surface area contributed by atoms with E-state index in [0.717, 1.165) is 39.0 Å². The van der Waals surface area contributed by atoms with Gasteiger partial charge < -0.3 is 21.0 Å². The molecule has 5 rings (SSSR count). The highest BCUT2D eigenvalue weighted by Gasteiger charge is 2.09. The number of H-pyrrole nitrogens is 1. The number of fused-ring (bicyclic) bond motifs is 1. The maximum Gasteiger partial charge on any atom is 0.141 e. The first-order valence-corrected chi connectivity index (χ1v) is 10.5. The lowest BCUT2D eigenvalue weighted by atomic mass is 10.1. The predicted molar refractivity (Wildman–Crippen MR) is 131 cm³/mol. The van der Waals surface area contributed by atoms with E-state index in [1.54, 1.807) is 6.07 Å². The maximum atomic E-state index is 13.4. The topological polar surface area (TPSA) is 89.5 Å². The van der Waals surface area contributed by atoms with Crippen molar-refractivity contribution in [3.05, 3.63) is 102 Å². The molecular weight excluding hydrogens is 415 g/mol. The molecule has 0 aliphatic heterocycles. The minimum absolute atomic E-state index is 0.266. The third-order valence-corrected chi connectivity index (χ3v) is 5.41. The number of rotatable bonds is 7. The van der Waals surface area contributed by atoms with Crippen LogP contribution in [0.2, 0.25) is 0 Å². The highest BCUT2D eigenvalue weighted by atomic mass is 19.1. The Labute approximate surface area is 190 Å². The molecule has 0 aliphatic carbocycles.